The van der Waals surface area contributed by atoms with Gasteiger partial charge in [-0.05, 0) is 31.2 Å². The quantitative estimate of drug-likeness (QED) is 0.466. The molecule has 0 aliphatic heterocycles. The fourth-order valence-electron chi connectivity index (χ4n) is 2.01. The first-order valence-corrected chi connectivity index (χ1v) is 7.95. The van der Waals surface area contributed by atoms with E-state index in [1.54, 1.807) is 24.3 Å². The summed E-state index contributed by atoms with van der Waals surface area (Å²) < 4.78 is 18.4. The number of phenols is 1. The Balaban J connectivity index is 1.86. The van der Waals surface area contributed by atoms with Crippen molar-refractivity contribution >= 4 is 28.8 Å². The van der Waals surface area contributed by atoms with Crippen molar-refractivity contribution in [1.82, 2.24) is 10.9 Å². The number of anilines is 1. The van der Waals surface area contributed by atoms with Gasteiger partial charge in [0, 0.05) is 17.8 Å². The molecule has 4 N–H and O–H groups in total. The lowest BCUT2D eigenvalue weighted by atomic mass is 10.2. The van der Waals surface area contributed by atoms with Crippen molar-refractivity contribution < 1.29 is 19.0 Å². The molecule has 0 fully saturated rings. The van der Waals surface area contributed by atoms with Gasteiger partial charge in [-0.15, -0.1) is 0 Å². The van der Waals surface area contributed by atoms with Crippen LogP contribution in [0, 0.1) is 5.82 Å². The highest BCUT2D eigenvalue weighted by molar-refractivity contribution is 7.82. The molecule has 25 heavy (non-hydrogen) atoms. The Morgan fingerprint density at radius 1 is 1.28 bits per heavy atom. The van der Waals surface area contributed by atoms with E-state index < -0.39 is 11.7 Å². The van der Waals surface area contributed by atoms with Gasteiger partial charge in [0.2, 0.25) is 0 Å². The molecule has 132 valence electrons. The first-order valence-electron chi connectivity index (χ1n) is 7.54. The second kappa shape index (κ2) is 8.95. The molecule has 0 aliphatic rings. The van der Waals surface area contributed by atoms with Crippen molar-refractivity contribution in [1.29, 1.82) is 0 Å². The van der Waals surface area contributed by atoms with E-state index in [0.717, 1.165) is 0 Å². The molecule has 0 radical (unpaired) electrons. The van der Waals surface area contributed by atoms with E-state index in [1.807, 2.05) is 6.92 Å². The Labute approximate surface area is 150 Å². The molecule has 0 spiro atoms. The Hall–Kier alpha value is -2.71. The Morgan fingerprint density at radius 2 is 2.04 bits per heavy atom. The predicted molar refractivity (Wildman–Crippen MR) is 96.9 cm³/mol. The molecule has 0 heterocycles. The van der Waals surface area contributed by atoms with Crippen LogP contribution in [0.3, 0.4) is 0 Å². The van der Waals surface area contributed by atoms with Gasteiger partial charge >= 0.3 is 0 Å². The molecule has 2 aromatic rings. The van der Waals surface area contributed by atoms with E-state index in [9.17, 15) is 14.3 Å². The van der Waals surface area contributed by atoms with Crippen molar-refractivity contribution in [3.63, 3.8) is 0 Å². The zero-order valence-electron chi connectivity index (χ0n) is 13.5. The van der Waals surface area contributed by atoms with Crippen molar-refractivity contribution in [3.8, 4) is 11.5 Å². The molecule has 8 heteroatoms. The maximum Gasteiger partial charge on any atom is 0.284 e. The molecule has 2 aromatic carbocycles. The lowest BCUT2D eigenvalue weighted by Gasteiger charge is -2.12. The molecule has 1 amide bonds. The SMILES string of the molecule is CCOc1cccc(CNNC(=S)C(=O)Nc2cccc(F)c2)c1O. The average molecular weight is 363 g/mol. The molecule has 0 aromatic heterocycles. The van der Waals surface area contributed by atoms with E-state index in [4.69, 9.17) is 17.0 Å². The number of phenolic OH excluding ortho intramolecular Hbond substituents is 1. The molecular formula is C17H18FN3O3S. The van der Waals surface area contributed by atoms with Gasteiger partial charge in [-0.2, -0.15) is 0 Å². The molecule has 0 atom stereocenters. The standard InChI is InChI=1S/C17H18FN3O3S/c1-2-24-14-8-3-5-11(15(14)22)10-19-21-17(25)16(23)20-13-7-4-6-12(18)9-13/h3-9,19,22H,2,10H2,1H3,(H,20,23)(H,21,25). The first-order chi connectivity index (χ1) is 12.0. The van der Waals surface area contributed by atoms with Gasteiger partial charge in [0.25, 0.3) is 5.91 Å². The summed E-state index contributed by atoms with van der Waals surface area (Å²) in [6.45, 7) is 2.47. The number of benzene rings is 2. The second-order valence-electron chi connectivity index (χ2n) is 4.97. The van der Waals surface area contributed by atoms with Gasteiger partial charge in [-0.25, -0.2) is 9.82 Å². The third kappa shape index (κ3) is 5.40. The van der Waals surface area contributed by atoms with Crippen molar-refractivity contribution in [2.24, 2.45) is 0 Å². The van der Waals surface area contributed by atoms with Crippen LogP contribution < -0.4 is 20.9 Å². The normalized spacial score (nSPS) is 10.2. The zero-order chi connectivity index (χ0) is 18.2. The van der Waals surface area contributed by atoms with Crippen LogP contribution >= 0.6 is 12.2 Å². The molecule has 0 bridgehead atoms. The smallest absolute Gasteiger partial charge is 0.284 e. The van der Waals surface area contributed by atoms with Crippen molar-refractivity contribution in [3.05, 3.63) is 53.8 Å². The van der Waals surface area contributed by atoms with Gasteiger partial charge in [0.15, 0.2) is 16.5 Å². The highest BCUT2D eigenvalue weighted by Crippen LogP contribution is 2.29. The molecule has 0 unspecified atom stereocenters. The Morgan fingerprint density at radius 3 is 2.76 bits per heavy atom. The van der Waals surface area contributed by atoms with E-state index in [1.165, 1.54) is 18.2 Å². The lowest BCUT2D eigenvalue weighted by molar-refractivity contribution is -0.110. The summed E-state index contributed by atoms with van der Waals surface area (Å²) in [5, 5.41) is 12.6. The minimum atomic E-state index is -0.583. The van der Waals surface area contributed by atoms with Crippen LogP contribution in [-0.4, -0.2) is 22.6 Å². The van der Waals surface area contributed by atoms with Crippen LogP contribution in [-0.2, 0) is 11.3 Å². The van der Waals surface area contributed by atoms with Gasteiger partial charge < -0.3 is 20.6 Å². The summed E-state index contributed by atoms with van der Waals surface area (Å²) >= 11 is 4.96. The summed E-state index contributed by atoms with van der Waals surface area (Å²) in [5.41, 5.74) is 6.19. The number of para-hydroxylation sites is 1. The number of ether oxygens (including phenoxy) is 1. The van der Waals surface area contributed by atoms with Gasteiger partial charge in [0.05, 0.1) is 6.61 Å². The number of hydrogen-bond acceptors (Lipinski definition) is 5. The van der Waals surface area contributed by atoms with Crippen LogP contribution in [0.25, 0.3) is 0 Å². The summed E-state index contributed by atoms with van der Waals surface area (Å²) in [7, 11) is 0. The number of carbonyl (C=O) groups is 1. The lowest BCUT2D eigenvalue weighted by Crippen LogP contribution is -2.42. The van der Waals surface area contributed by atoms with Crippen LogP contribution in [0.15, 0.2) is 42.5 Å². The maximum atomic E-state index is 13.1. The number of thiocarbonyl (C=S) groups is 1. The summed E-state index contributed by atoms with van der Waals surface area (Å²) in [4.78, 5) is 11.8. The third-order valence-electron chi connectivity index (χ3n) is 3.15. The molecule has 6 nitrogen and oxygen atoms in total. The molecule has 0 aliphatic carbocycles. The average Bonchev–Trinajstić information content (AvgIpc) is 2.58. The van der Waals surface area contributed by atoms with Gasteiger partial charge in [-0.1, -0.05) is 30.4 Å². The van der Waals surface area contributed by atoms with Crippen LogP contribution in [0.2, 0.25) is 0 Å². The molecule has 0 saturated carbocycles. The van der Waals surface area contributed by atoms with Crippen molar-refractivity contribution in [2.75, 3.05) is 11.9 Å². The molecule has 2 rings (SSSR count). The summed E-state index contributed by atoms with van der Waals surface area (Å²) in [5.74, 6) is -0.637. The number of rotatable bonds is 6. The molecule has 0 saturated heterocycles. The summed E-state index contributed by atoms with van der Waals surface area (Å²) in [6, 6.07) is 10.6. The fraction of sp³-hybridized carbons (Fsp3) is 0.176. The van der Waals surface area contributed by atoms with Crippen molar-refractivity contribution in [2.45, 2.75) is 13.5 Å². The fourth-order valence-corrected chi connectivity index (χ4v) is 2.14. The van der Waals surface area contributed by atoms with E-state index in [0.29, 0.717) is 23.6 Å². The molecular weight excluding hydrogens is 345 g/mol. The largest absolute Gasteiger partial charge is 0.504 e. The highest BCUT2D eigenvalue weighted by atomic mass is 32.1. The van der Waals surface area contributed by atoms with E-state index in [2.05, 4.69) is 16.2 Å². The number of hydrogen-bond donors (Lipinski definition) is 4. The van der Waals surface area contributed by atoms with Gasteiger partial charge in [-0.3, -0.25) is 4.79 Å². The third-order valence-corrected chi connectivity index (χ3v) is 3.44. The number of halogens is 1. The Kier molecular flexibility index (Phi) is 6.67. The number of aromatic hydroxyl groups is 1. The van der Waals surface area contributed by atoms with Gasteiger partial charge in [0.1, 0.15) is 5.82 Å². The van der Waals surface area contributed by atoms with E-state index in [-0.39, 0.29) is 17.3 Å². The van der Waals surface area contributed by atoms with Crippen LogP contribution in [0.4, 0.5) is 10.1 Å². The first kappa shape index (κ1) is 18.6. The minimum absolute atomic E-state index is 0.0220. The Bertz CT molecular complexity index is 771. The highest BCUT2D eigenvalue weighted by Gasteiger charge is 2.11. The number of nitrogens with one attached hydrogen (secondary N) is 3. The second-order valence-corrected chi connectivity index (χ2v) is 5.38. The topological polar surface area (TPSA) is 82.6 Å². The predicted octanol–water partition coefficient (Wildman–Crippen LogP) is 2.49. The zero-order valence-corrected chi connectivity index (χ0v) is 14.3. The van der Waals surface area contributed by atoms with Crippen LogP contribution in [0.1, 0.15) is 12.5 Å². The van der Waals surface area contributed by atoms with Crippen LogP contribution in [0.5, 0.6) is 11.5 Å². The number of carbonyl (C=O) groups excluding carboxylic acids is 1. The number of hydrazine groups is 1. The maximum absolute atomic E-state index is 13.1. The van der Waals surface area contributed by atoms with E-state index >= 15 is 0 Å². The monoisotopic (exact) mass is 363 g/mol. The number of amides is 1. The summed E-state index contributed by atoms with van der Waals surface area (Å²) in [6.07, 6.45) is 0. The minimum Gasteiger partial charge on any atom is -0.504 e.